The summed E-state index contributed by atoms with van der Waals surface area (Å²) in [6.45, 7) is 20.5. The minimum absolute atomic E-state index is 0. The van der Waals surface area contributed by atoms with Gasteiger partial charge in [0.15, 0.2) is 0 Å². The van der Waals surface area contributed by atoms with E-state index >= 15 is 0 Å². The molecule has 3 radical (unpaired) electrons. The molecule has 5 rings (SSSR count). The zero-order chi connectivity index (χ0) is 21.3. The first-order valence-electron chi connectivity index (χ1n) is 12.7. The van der Waals surface area contributed by atoms with Crippen LogP contribution in [0.3, 0.4) is 0 Å². The van der Waals surface area contributed by atoms with Crippen molar-refractivity contribution in [2.24, 2.45) is 46.3 Å². The van der Waals surface area contributed by atoms with Gasteiger partial charge in [0, 0.05) is 8.41 Å². The molecule has 5 fully saturated rings. The Labute approximate surface area is 185 Å². The highest BCUT2D eigenvalue weighted by Crippen LogP contribution is 2.60. The molecule has 5 aliphatic carbocycles. The molecule has 4 bridgehead atoms. The number of aliphatic hydroxyl groups is 1. The maximum Gasteiger partial charge on any atom is 0.0726 e. The fourth-order valence-corrected chi connectivity index (χ4v) is 7.38. The van der Waals surface area contributed by atoms with Crippen LogP contribution in [0.1, 0.15) is 120 Å². The molecule has 0 saturated heterocycles. The lowest BCUT2D eigenvalue weighted by atomic mass is 9.48. The molecule has 2 heteroatoms. The van der Waals surface area contributed by atoms with E-state index in [1.165, 1.54) is 57.8 Å². The molecular weight excluding hydrogens is 351 g/mol. The van der Waals surface area contributed by atoms with Gasteiger partial charge in [-0.25, -0.2) is 0 Å². The Morgan fingerprint density at radius 1 is 0.897 bits per heavy atom. The standard InChI is InChI=1S/C13H22O.C12H24.C2H6.B/c1-8(2)13(14)11-4-9-3-10(6-11)7-12(13)5-9;1-10-7-6-8-12(5,9-10)11(2,3)4;1-2;/h8-12,14H,3-7H2,1-2H3;10H,6-9H2,1-5H3;1-2H3;/t;10-,12-;;/m.1../s1. The molecule has 0 heterocycles. The van der Waals surface area contributed by atoms with Crippen LogP contribution in [0.4, 0.5) is 0 Å². The van der Waals surface area contributed by atoms with E-state index in [1.807, 2.05) is 13.8 Å². The molecule has 1 N–H and O–H groups in total. The topological polar surface area (TPSA) is 20.2 Å². The molecular formula is C27H52BO. The van der Waals surface area contributed by atoms with Crippen LogP contribution < -0.4 is 0 Å². The van der Waals surface area contributed by atoms with Crippen molar-refractivity contribution in [3.05, 3.63) is 0 Å². The van der Waals surface area contributed by atoms with Crippen LogP contribution in [0.5, 0.6) is 0 Å². The third-order valence-corrected chi connectivity index (χ3v) is 9.41. The number of rotatable bonds is 1. The smallest absolute Gasteiger partial charge is 0.0726 e. The van der Waals surface area contributed by atoms with Crippen molar-refractivity contribution in [3.63, 3.8) is 0 Å². The van der Waals surface area contributed by atoms with Crippen molar-refractivity contribution in [1.82, 2.24) is 0 Å². The first kappa shape index (κ1) is 27.1. The monoisotopic (exact) mass is 403 g/mol. The summed E-state index contributed by atoms with van der Waals surface area (Å²) in [6.07, 6.45) is 12.5. The van der Waals surface area contributed by atoms with E-state index < -0.39 is 0 Å². The van der Waals surface area contributed by atoms with Crippen LogP contribution in [-0.4, -0.2) is 19.1 Å². The van der Waals surface area contributed by atoms with Gasteiger partial charge in [-0.1, -0.05) is 75.2 Å². The quantitative estimate of drug-likeness (QED) is 0.444. The predicted octanol–water partition coefficient (Wildman–Crippen LogP) is 7.72. The average molecular weight is 404 g/mol. The van der Waals surface area contributed by atoms with E-state index in [4.69, 9.17) is 0 Å². The van der Waals surface area contributed by atoms with E-state index in [-0.39, 0.29) is 14.0 Å². The summed E-state index contributed by atoms with van der Waals surface area (Å²) in [5, 5.41) is 10.9. The highest BCUT2D eigenvalue weighted by Gasteiger charge is 2.57. The molecule has 0 aromatic heterocycles. The van der Waals surface area contributed by atoms with Crippen LogP contribution in [-0.2, 0) is 0 Å². The first-order chi connectivity index (χ1) is 13.0. The van der Waals surface area contributed by atoms with E-state index in [2.05, 4.69) is 48.5 Å². The number of hydrogen-bond acceptors (Lipinski definition) is 1. The van der Waals surface area contributed by atoms with Gasteiger partial charge in [-0.3, -0.25) is 0 Å². The summed E-state index contributed by atoms with van der Waals surface area (Å²) < 4.78 is 0. The van der Waals surface area contributed by atoms with Gasteiger partial charge in [0.2, 0.25) is 0 Å². The average Bonchev–Trinajstić information content (AvgIpc) is 2.60. The Bertz CT molecular complexity index is 463. The van der Waals surface area contributed by atoms with Gasteiger partial charge in [0.05, 0.1) is 5.60 Å². The predicted molar refractivity (Wildman–Crippen MR) is 129 cm³/mol. The molecule has 5 aliphatic rings. The third-order valence-electron chi connectivity index (χ3n) is 9.41. The maximum atomic E-state index is 10.9. The molecule has 0 aromatic carbocycles. The zero-order valence-electron chi connectivity index (χ0n) is 21.4. The summed E-state index contributed by atoms with van der Waals surface area (Å²) in [6, 6.07) is 0. The Morgan fingerprint density at radius 3 is 1.66 bits per heavy atom. The Kier molecular flexibility index (Phi) is 9.42. The second-order valence-electron chi connectivity index (χ2n) is 12.4. The normalized spacial score (nSPS) is 42.9. The summed E-state index contributed by atoms with van der Waals surface area (Å²) in [4.78, 5) is 0. The van der Waals surface area contributed by atoms with Crippen molar-refractivity contribution >= 4 is 8.41 Å². The maximum absolute atomic E-state index is 10.9. The minimum atomic E-state index is -0.298. The van der Waals surface area contributed by atoms with Gasteiger partial charge in [0.25, 0.3) is 0 Å². The second kappa shape index (κ2) is 10.1. The third kappa shape index (κ3) is 5.45. The highest BCUT2D eigenvalue weighted by molar-refractivity contribution is 5.75. The Balaban J connectivity index is 0.000000262. The lowest BCUT2D eigenvalue weighted by Gasteiger charge is -2.60. The number of hydrogen-bond donors (Lipinski definition) is 1. The molecule has 1 nitrogen and oxygen atoms in total. The van der Waals surface area contributed by atoms with Gasteiger partial charge in [0.1, 0.15) is 0 Å². The van der Waals surface area contributed by atoms with E-state index in [1.54, 1.807) is 0 Å². The Morgan fingerprint density at radius 2 is 1.34 bits per heavy atom. The SMILES string of the molecule is CC.CC(C)C1(O)C2CC3CC(C2)CC1C3.C[C@@H]1CCC[C@@](C)(C(C)(C)C)C1.[B]. The molecule has 5 saturated carbocycles. The van der Waals surface area contributed by atoms with E-state index in [9.17, 15) is 5.11 Å². The van der Waals surface area contributed by atoms with Crippen molar-refractivity contribution in [3.8, 4) is 0 Å². The van der Waals surface area contributed by atoms with Crippen molar-refractivity contribution in [2.45, 2.75) is 126 Å². The van der Waals surface area contributed by atoms with E-state index in [0.29, 0.717) is 28.6 Å². The van der Waals surface area contributed by atoms with Gasteiger partial charge in [-0.2, -0.15) is 0 Å². The molecule has 0 aliphatic heterocycles. The minimum Gasteiger partial charge on any atom is -0.389 e. The lowest BCUT2D eigenvalue weighted by molar-refractivity contribution is -0.195. The molecule has 0 aromatic rings. The second-order valence-corrected chi connectivity index (χ2v) is 12.4. The lowest BCUT2D eigenvalue weighted by Crippen LogP contribution is -2.60. The molecule has 0 unspecified atom stereocenters. The first-order valence-corrected chi connectivity index (χ1v) is 12.7. The molecule has 169 valence electrons. The molecule has 0 spiro atoms. The summed E-state index contributed by atoms with van der Waals surface area (Å²) in [5.41, 5.74) is 0.778. The summed E-state index contributed by atoms with van der Waals surface area (Å²) >= 11 is 0. The van der Waals surface area contributed by atoms with Crippen LogP contribution in [0.2, 0.25) is 0 Å². The van der Waals surface area contributed by atoms with Crippen LogP contribution >= 0.6 is 0 Å². The fourth-order valence-electron chi connectivity index (χ4n) is 7.38. The van der Waals surface area contributed by atoms with E-state index in [0.717, 1.165) is 17.8 Å². The van der Waals surface area contributed by atoms with Crippen molar-refractivity contribution in [2.75, 3.05) is 0 Å². The zero-order valence-corrected chi connectivity index (χ0v) is 21.4. The Hall–Kier alpha value is 0.0249. The fraction of sp³-hybridized carbons (Fsp3) is 1.00. The van der Waals surface area contributed by atoms with Crippen LogP contribution in [0.15, 0.2) is 0 Å². The van der Waals surface area contributed by atoms with Gasteiger partial charge in [-0.15, -0.1) is 0 Å². The summed E-state index contributed by atoms with van der Waals surface area (Å²) in [5.74, 6) is 4.62. The highest BCUT2D eigenvalue weighted by atomic mass is 16.3. The molecule has 2 atom stereocenters. The van der Waals surface area contributed by atoms with Gasteiger partial charge in [-0.05, 0) is 91.3 Å². The largest absolute Gasteiger partial charge is 0.389 e. The van der Waals surface area contributed by atoms with Crippen LogP contribution in [0.25, 0.3) is 0 Å². The van der Waals surface area contributed by atoms with Gasteiger partial charge >= 0.3 is 0 Å². The van der Waals surface area contributed by atoms with Crippen LogP contribution in [0, 0.1) is 46.3 Å². The molecule has 0 amide bonds. The van der Waals surface area contributed by atoms with Gasteiger partial charge < -0.3 is 5.11 Å². The van der Waals surface area contributed by atoms with Crippen molar-refractivity contribution in [1.29, 1.82) is 0 Å². The van der Waals surface area contributed by atoms with Crippen molar-refractivity contribution < 1.29 is 5.11 Å². The summed E-state index contributed by atoms with van der Waals surface area (Å²) in [7, 11) is 0. The molecule has 29 heavy (non-hydrogen) atoms.